The average molecular weight is 446 g/mol. The Kier molecular flexibility index (Phi) is 5.53. The number of hydrogen-bond donors (Lipinski definition) is 2. The minimum absolute atomic E-state index is 0.0960. The first kappa shape index (κ1) is 20.5. The van der Waals surface area contributed by atoms with Crippen LogP contribution in [0.1, 0.15) is 36.6 Å². The van der Waals surface area contributed by atoms with Crippen molar-refractivity contribution in [3.63, 3.8) is 0 Å². The summed E-state index contributed by atoms with van der Waals surface area (Å²) < 4.78 is 0. The predicted octanol–water partition coefficient (Wildman–Crippen LogP) is 5.16. The highest BCUT2D eigenvalue weighted by Gasteiger charge is 2.31. The molecule has 7 heteroatoms. The predicted molar refractivity (Wildman–Crippen MR) is 127 cm³/mol. The molecule has 1 aliphatic rings. The SMILES string of the molecule is Nc1ncc(-c2ccc(Cl)cc2)c([C@H]2CCCCN2C(=O)Cc2c[nH]c3ccccc23)n1. The van der Waals surface area contributed by atoms with Gasteiger partial charge in [-0.25, -0.2) is 9.97 Å². The van der Waals surface area contributed by atoms with Gasteiger partial charge in [0.1, 0.15) is 0 Å². The van der Waals surface area contributed by atoms with Crippen LogP contribution in [0.5, 0.6) is 0 Å². The zero-order chi connectivity index (χ0) is 22.1. The molecule has 4 aromatic rings. The van der Waals surface area contributed by atoms with E-state index in [0.717, 1.165) is 52.5 Å². The van der Waals surface area contributed by atoms with E-state index in [0.29, 0.717) is 18.0 Å². The number of aromatic amines is 1. The van der Waals surface area contributed by atoms with Crippen LogP contribution >= 0.6 is 11.6 Å². The number of rotatable bonds is 4. The molecule has 0 unspecified atom stereocenters. The fourth-order valence-corrected chi connectivity index (χ4v) is 4.70. The number of fused-ring (bicyclic) bond motifs is 1. The van der Waals surface area contributed by atoms with Crippen LogP contribution in [0.2, 0.25) is 5.02 Å². The Balaban J connectivity index is 1.49. The maximum absolute atomic E-state index is 13.5. The summed E-state index contributed by atoms with van der Waals surface area (Å²) in [5.74, 6) is 0.311. The zero-order valence-electron chi connectivity index (χ0n) is 17.6. The molecule has 162 valence electrons. The van der Waals surface area contributed by atoms with Crippen molar-refractivity contribution in [1.29, 1.82) is 0 Å². The van der Waals surface area contributed by atoms with Crippen LogP contribution in [-0.2, 0) is 11.2 Å². The number of carbonyl (C=O) groups excluding carboxylic acids is 1. The molecule has 1 fully saturated rings. The number of carbonyl (C=O) groups is 1. The van der Waals surface area contributed by atoms with Crippen molar-refractivity contribution in [2.75, 3.05) is 12.3 Å². The van der Waals surface area contributed by atoms with E-state index < -0.39 is 0 Å². The number of piperidine rings is 1. The Morgan fingerprint density at radius 3 is 2.81 bits per heavy atom. The molecule has 3 heterocycles. The lowest BCUT2D eigenvalue weighted by Gasteiger charge is -2.36. The van der Waals surface area contributed by atoms with Crippen molar-refractivity contribution < 1.29 is 4.79 Å². The molecule has 0 saturated carbocycles. The summed E-state index contributed by atoms with van der Waals surface area (Å²) >= 11 is 6.08. The summed E-state index contributed by atoms with van der Waals surface area (Å²) in [6.45, 7) is 0.704. The molecule has 2 aromatic heterocycles. The van der Waals surface area contributed by atoms with Crippen LogP contribution < -0.4 is 5.73 Å². The average Bonchev–Trinajstić information content (AvgIpc) is 3.22. The van der Waals surface area contributed by atoms with E-state index in [-0.39, 0.29) is 17.9 Å². The summed E-state index contributed by atoms with van der Waals surface area (Å²) in [6, 6.07) is 15.5. The van der Waals surface area contributed by atoms with Gasteiger partial charge >= 0.3 is 0 Å². The van der Waals surface area contributed by atoms with Gasteiger partial charge in [0.15, 0.2) is 0 Å². The molecule has 32 heavy (non-hydrogen) atoms. The number of halogens is 1. The second kappa shape index (κ2) is 8.63. The van der Waals surface area contributed by atoms with Crippen molar-refractivity contribution in [3.8, 4) is 11.1 Å². The third kappa shape index (κ3) is 3.94. The van der Waals surface area contributed by atoms with Gasteiger partial charge < -0.3 is 15.6 Å². The quantitative estimate of drug-likeness (QED) is 0.454. The fraction of sp³-hybridized carbons (Fsp3) is 0.240. The number of hydrogen-bond acceptors (Lipinski definition) is 4. The van der Waals surface area contributed by atoms with Gasteiger partial charge in [0.25, 0.3) is 0 Å². The number of aromatic nitrogens is 3. The largest absolute Gasteiger partial charge is 0.368 e. The van der Waals surface area contributed by atoms with Crippen molar-refractivity contribution >= 4 is 34.4 Å². The van der Waals surface area contributed by atoms with Gasteiger partial charge in [-0.2, -0.15) is 0 Å². The maximum atomic E-state index is 13.5. The first-order chi connectivity index (χ1) is 15.6. The van der Waals surface area contributed by atoms with Gasteiger partial charge in [0.2, 0.25) is 11.9 Å². The number of benzene rings is 2. The highest BCUT2D eigenvalue weighted by Crippen LogP contribution is 2.36. The van der Waals surface area contributed by atoms with Crippen LogP contribution in [0, 0.1) is 0 Å². The molecule has 0 spiro atoms. The van der Waals surface area contributed by atoms with E-state index in [1.165, 1.54) is 0 Å². The number of para-hydroxylation sites is 1. The Hall–Kier alpha value is -3.38. The van der Waals surface area contributed by atoms with E-state index in [1.54, 1.807) is 6.20 Å². The number of nitrogens with zero attached hydrogens (tertiary/aromatic N) is 3. The lowest BCUT2D eigenvalue weighted by atomic mass is 9.93. The summed E-state index contributed by atoms with van der Waals surface area (Å²) in [6.07, 6.45) is 6.88. The fourth-order valence-electron chi connectivity index (χ4n) is 4.57. The number of nitrogen functional groups attached to an aromatic ring is 1. The second-order valence-electron chi connectivity index (χ2n) is 8.17. The van der Waals surface area contributed by atoms with Crippen LogP contribution in [0.3, 0.4) is 0 Å². The lowest BCUT2D eigenvalue weighted by Crippen LogP contribution is -2.40. The monoisotopic (exact) mass is 445 g/mol. The lowest BCUT2D eigenvalue weighted by molar-refractivity contribution is -0.134. The molecule has 3 N–H and O–H groups in total. The maximum Gasteiger partial charge on any atom is 0.227 e. The Bertz CT molecular complexity index is 1270. The Morgan fingerprint density at radius 2 is 1.97 bits per heavy atom. The summed E-state index contributed by atoms with van der Waals surface area (Å²) in [7, 11) is 0. The molecule has 0 radical (unpaired) electrons. The third-order valence-corrected chi connectivity index (χ3v) is 6.40. The zero-order valence-corrected chi connectivity index (χ0v) is 18.3. The molecule has 2 aromatic carbocycles. The van der Waals surface area contributed by atoms with E-state index in [4.69, 9.17) is 17.3 Å². The van der Waals surface area contributed by atoms with Gasteiger partial charge in [0.05, 0.1) is 18.2 Å². The Labute approximate surface area is 191 Å². The van der Waals surface area contributed by atoms with E-state index in [1.807, 2.05) is 59.6 Å². The van der Waals surface area contributed by atoms with Gasteiger partial charge in [-0.15, -0.1) is 0 Å². The van der Waals surface area contributed by atoms with Crippen LogP contribution in [0.4, 0.5) is 5.95 Å². The molecule has 0 bridgehead atoms. The van der Waals surface area contributed by atoms with Crippen molar-refractivity contribution in [3.05, 3.63) is 77.2 Å². The number of H-pyrrole nitrogens is 1. The van der Waals surface area contributed by atoms with Crippen LogP contribution in [0.15, 0.2) is 60.9 Å². The molecular weight excluding hydrogens is 422 g/mol. The number of nitrogens with one attached hydrogen (secondary N) is 1. The van der Waals surface area contributed by atoms with Crippen LogP contribution in [0.25, 0.3) is 22.0 Å². The molecule has 1 atom stereocenters. The molecule has 5 rings (SSSR count). The molecule has 1 aliphatic heterocycles. The number of amides is 1. The molecular formula is C25H24ClN5O. The van der Waals surface area contributed by atoms with E-state index in [9.17, 15) is 4.79 Å². The normalized spacial score (nSPS) is 16.4. The van der Waals surface area contributed by atoms with Crippen LogP contribution in [-0.4, -0.2) is 32.3 Å². The molecule has 6 nitrogen and oxygen atoms in total. The standard InChI is InChI=1S/C25H24ClN5O/c26-18-10-8-16(9-11-18)20-15-29-25(27)30-24(20)22-7-3-4-12-31(22)23(32)13-17-14-28-21-6-2-1-5-19(17)21/h1-2,5-6,8-11,14-15,22,28H,3-4,7,12-13H2,(H2,27,29,30)/t22-/m1/s1. The van der Waals surface area contributed by atoms with Gasteiger partial charge in [-0.05, 0) is 48.6 Å². The second-order valence-corrected chi connectivity index (χ2v) is 8.61. The smallest absolute Gasteiger partial charge is 0.227 e. The van der Waals surface area contributed by atoms with E-state index >= 15 is 0 Å². The van der Waals surface area contributed by atoms with Gasteiger partial charge in [0, 0.05) is 40.4 Å². The highest BCUT2D eigenvalue weighted by atomic mass is 35.5. The summed E-state index contributed by atoms with van der Waals surface area (Å²) in [5.41, 5.74) is 10.7. The first-order valence-electron chi connectivity index (χ1n) is 10.8. The number of likely N-dealkylation sites (tertiary alicyclic amines) is 1. The van der Waals surface area contributed by atoms with Gasteiger partial charge in [-0.3, -0.25) is 4.79 Å². The minimum Gasteiger partial charge on any atom is -0.368 e. The summed E-state index contributed by atoms with van der Waals surface area (Å²) in [4.78, 5) is 27.6. The Morgan fingerprint density at radius 1 is 1.16 bits per heavy atom. The summed E-state index contributed by atoms with van der Waals surface area (Å²) in [5, 5.41) is 1.75. The van der Waals surface area contributed by atoms with Crippen molar-refractivity contribution in [1.82, 2.24) is 19.9 Å². The third-order valence-electron chi connectivity index (χ3n) is 6.15. The van der Waals surface area contributed by atoms with Gasteiger partial charge in [-0.1, -0.05) is 41.9 Å². The van der Waals surface area contributed by atoms with E-state index in [2.05, 4.69) is 15.0 Å². The highest BCUT2D eigenvalue weighted by molar-refractivity contribution is 6.30. The first-order valence-corrected chi connectivity index (χ1v) is 11.2. The molecule has 0 aliphatic carbocycles. The minimum atomic E-state index is -0.141. The molecule has 1 saturated heterocycles. The number of nitrogens with two attached hydrogens (primary N) is 1. The molecule has 1 amide bonds. The van der Waals surface area contributed by atoms with Crippen molar-refractivity contribution in [2.24, 2.45) is 0 Å². The number of anilines is 1. The van der Waals surface area contributed by atoms with Crippen molar-refractivity contribution in [2.45, 2.75) is 31.7 Å². The topological polar surface area (TPSA) is 87.9 Å².